The molecule has 64 heavy (non-hydrogen) atoms. The van der Waals surface area contributed by atoms with Crippen molar-refractivity contribution in [3.05, 3.63) is 122 Å². The maximum atomic E-state index is 12.8. The van der Waals surface area contributed by atoms with Gasteiger partial charge in [0.2, 0.25) is 0 Å². The van der Waals surface area contributed by atoms with E-state index in [1.807, 2.05) is 12.2 Å². The van der Waals surface area contributed by atoms with Gasteiger partial charge in [-0.1, -0.05) is 194 Å². The zero-order valence-electron chi connectivity index (χ0n) is 41.0. The second-order valence-corrected chi connectivity index (χ2v) is 16.3. The Morgan fingerprint density at radius 2 is 0.641 bits per heavy atom. The van der Waals surface area contributed by atoms with E-state index in [4.69, 9.17) is 14.2 Å². The van der Waals surface area contributed by atoms with Crippen LogP contribution in [0.2, 0.25) is 0 Å². The number of unbranched alkanes of at least 4 members (excludes halogenated alkanes) is 13. The van der Waals surface area contributed by atoms with Crippen LogP contribution in [0.4, 0.5) is 0 Å². The minimum Gasteiger partial charge on any atom is -0.462 e. The van der Waals surface area contributed by atoms with E-state index in [2.05, 4.69) is 130 Å². The van der Waals surface area contributed by atoms with Crippen LogP contribution in [0.3, 0.4) is 0 Å². The minimum absolute atomic E-state index is 0.116. The Balaban J connectivity index is 4.55. The first-order chi connectivity index (χ1) is 31.5. The molecule has 360 valence electrons. The van der Waals surface area contributed by atoms with Crippen LogP contribution < -0.4 is 0 Å². The summed E-state index contributed by atoms with van der Waals surface area (Å²) >= 11 is 0. The molecular formula is C58H92O6. The van der Waals surface area contributed by atoms with Crippen molar-refractivity contribution in [2.45, 2.75) is 213 Å². The largest absolute Gasteiger partial charge is 0.462 e. The van der Waals surface area contributed by atoms with Gasteiger partial charge in [-0.3, -0.25) is 14.4 Å². The molecule has 0 amide bonds. The molecule has 0 bridgehead atoms. The summed E-state index contributed by atoms with van der Waals surface area (Å²) in [6, 6.07) is 0. The molecule has 6 heteroatoms. The van der Waals surface area contributed by atoms with Gasteiger partial charge in [0.1, 0.15) is 13.2 Å². The molecule has 0 heterocycles. The molecule has 0 aromatic heterocycles. The van der Waals surface area contributed by atoms with Crippen molar-refractivity contribution < 1.29 is 28.6 Å². The van der Waals surface area contributed by atoms with Gasteiger partial charge in [-0.05, 0) is 116 Å². The topological polar surface area (TPSA) is 78.9 Å². The molecular weight excluding hydrogens is 793 g/mol. The molecule has 0 radical (unpaired) electrons. The van der Waals surface area contributed by atoms with Gasteiger partial charge < -0.3 is 14.2 Å². The lowest BCUT2D eigenvalue weighted by Gasteiger charge is -2.18. The maximum Gasteiger partial charge on any atom is 0.306 e. The van der Waals surface area contributed by atoms with Gasteiger partial charge in [-0.15, -0.1) is 0 Å². The third-order valence-electron chi connectivity index (χ3n) is 10.2. The summed E-state index contributed by atoms with van der Waals surface area (Å²) in [7, 11) is 0. The molecule has 0 N–H and O–H groups in total. The molecule has 0 aliphatic rings. The molecule has 0 fully saturated rings. The average Bonchev–Trinajstić information content (AvgIpc) is 3.29. The Kier molecular flexibility index (Phi) is 48.1. The molecule has 1 atom stereocenters. The van der Waals surface area contributed by atoms with E-state index < -0.39 is 6.10 Å². The lowest BCUT2D eigenvalue weighted by atomic mass is 10.1. The maximum absolute atomic E-state index is 12.8. The lowest BCUT2D eigenvalue weighted by Crippen LogP contribution is -2.30. The molecule has 0 rings (SSSR count). The Morgan fingerprint density at radius 3 is 1.06 bits per heavy atom. The number of rotatable bonds is 44. The van der Waals surface area contributed by atoms with Crippen molar-refractivity contribution in [1.29, 1.82) is 0 Å². The Bertz CT molecular complexity index is 1390. The standard InChI is InChI=1S/C58H92O6/c1-4-7-10-13-16-19-22-25-27-28-29-30-32-33-36-39-42-45-48-51-57(60)63-54-55(53-62-56(59)50-47-44-41-38-35-24-21-18-15-12-9-6-3)64-58(61)52-49-46-43-40-37-34-31-26-23-20-17-14-11-8-5-2/h7-8,10-11,16-21,25-27,29-31,33,36,42,45,55H,4-6,9,12-15,22-24,28,32,34-35,37-41,43-44,46-54H2,1-3H3/b10-7-,11-8-,19-16-,20-17-,21-18-,27-25-,30-29-,31-26-,36-33-,45-42-/t55-/m1/s1. The van der Waals surface area contributed by atoms with E-state index >= 15 is 0 Å². The zero-order chi connectivity index (χ0) is 46.5. The number of hydrogen-bond acceptors (Lipinski definition) is 6. The van der Waals surface area contributed by atoms with Crippen molar-refractivity contribution in [2.24, 2.45) is 0 Å². The molecule has 0 saturated carbocycles. The van der Waals surface area contributed by atoms with Crippen molar-refractivity contribution in [2.75, 3.05) is 13.2 Å². The van der Waals surface area contributed by atoms with Gasteiger partial charge in [0.25, 0.3) is 0 Å². The predicted molar refractivity (Wildman–Crippen MR) is 274 cm³/mol. The van der Waals surface area contributed by atoms with Crippen LogP contribution in [-0.4, -0.2) is 37.2 Å². The second-order valence-electron chi connectivity index (χ2n) is 16.3. The van der Waals surface area contributed by atoms with Crippen molar-refractivity contribution in [3.63, 3.8) is 0 Å². The van der Waals surface area contributed by atoms with E-state index in [-0.39, 0.29) is 44.0 Å². The van der Waals surface area contributed by atoms with E-state index in [1.54, 1.807) is 0 Å². The van der Waals surface area contributed by atoms with Crippen LogP contribution in [0.15, 0.2) is 122 Å². The number of ether oxygens (including phenoxy) is 3. The fourth-order valence-corrected chi connectivity index (χ4v) is 6.42. The number of allylic oxidation sites excluding steroid dienone is 20. The molecule has 0 unspecified atom stereocenters. The highest BCUT2D eigenvalue weighted by Gasteiger charge is 2.19. The Labute approximate surface area is 392 Å². The van der Waals surface area contributed by atoms with Crippen LogP contribution in [0.5, 0.6) is 0 Å². The summed E-state index contributed by atoms with van der Waals surface area (Å²) in [6.07, 6.45) is 70.5. The normalized spacial score (nSPS) is 13.1. The summed E-state index contributed by atoms with van der Waals surface area (Å²) in [5.41, 5.74) is 0. The first-order valence-corrected chi connectivity index (χ1v) is 25.5. The Morgan fingerprint density at radius 1 is 0.328 bits per heavy atom. The second kappa shape index (κ2) is 51.4. The third-order valence-corrected chi connectivity index (χ3v) is 10.2. The van der Waals surface area contributed by atoms with Gasteiger partial charge in [0.15, 0.2) is 6.10 Å². The van der Waals surface area contributed by atoms with Crippen LogP contribution >= 0.6 is 0 Å². The van der Waals surface area contributed by atoms with Gasteiger partial charge in [-0.25, -0.2) is 0 Å². The van der Waals surface area contributed by atoms with Gasteiger partial charge >= 0.3 is 17.9 Å². The zero-order valence-corrected chi connectivity index (χ0v) is 41.0. The molecule has 0 saturated heterocycles. The first-order valence-electron chi connectivity index (χ1n) is 25.5. The predicted octanol–water partition coefficient (Wildman–Crippen LogP) is 16.9. The minimum atomic E-state index is -0.823. The fraction of sp³-hybridized carbons (Fsp3) is 0.603. The van der Waals surface area contributed by atoms with E-state index in [1.165, 1.54) is 32.1 Å². The highest BCUT2D eigenvalue weighted by molar-refractivity contribution is 5.71. The molecule has 0 aromatic carbocycles. The van der Waals surface area contributed by atoms with Gasteiger partial charge in [0, 0.05) is 19.3 Å². The van der Waals surface area contributed by atoms with Crippen molar-refractivity contribution in [3.8, 4) is 0 Å². The highest BCUT2D eigenvalue weighted by Crippen LogP contribution is 2.12. The van der Waals surface area contributed by atoms with Crippen LogP contribution in [0.25, 0.3) is 0 Å². The summed E-state index contributed by atoms with van der Waals surface area (Å²) in [5, 5.41) is 0. The summed E-state index contributed by atoms with van der Waals surface area (Å²) in [6.45, 7) is 6.28. The van der Waals surface area contributed by atoms with Gasteiger partial charge in [-0.2, -0.15) is 0 Å². The fourth-order valence-electron chi connectivity index (χ4n) is 6.42. The van der Waals surface area contributed by atoms with Crippen molar-refractivity contribution >= 4 is 17.9 Å². The summed E-state index contributed by atoms with van der Waals surface area (Å²) in [4.78, 5) is 37.9. The molecule has 0 aromatic rings. The lowest BCUT2D eigenvalue weighted by molar-refractivity contribution is -0.166. The summed E-state index contributed by atoms with van der Waals surface area (Å²) in [5.74, 6) is -1.04. The van der Waals surface area contributed by atoms with Crippen LogP contribution in [-0.2, 0) is 28.6 Å². The third kappa shape index (κ3) is 48.8. The van der Waals surface area contributed by atoms with Crippen LogP contribution in [0, 0.1) is 0 Å². The number of esters is 3. The average molecular weight is 885 g/mol. The SMILES string of the molecule is CC/C=C\C/C=C\C/C=C\C/C=C\C/C=C\C/C=C\CCC(=O)OC[C@@H](COC(=O)CCCCCCC/C=C\CCCCC)OC(=O)CCCCCCC/C=C\C/C=C\C/C=C\CC. The van der Waals surface area contributed by atoms with E-state index in [0.717, 1.165) is 128 Å². The molecule has 6 nitrogen and oxygen atoms in total. The van der Waals surface area contributed by atoms with E-state index in [0.29, 0.717) is 12.8 Å². The van der Waals surface area contributed by atoms with Crippen molar-refractivity contribution in [1.82, 2.24) is 0 Å². The van der Waals surface area contributed by atoms with Crippen LogP contribution in [0.1, 0.15) is 207 Å². The number of hydrogen-bond donors (Lipinski definition) is 0. The molecule has 0 aliphatic heterocycles. The smallest absolute Gasteiger partial charge is 0.306 e. The quantitative estimate of drug-likeness (QED) is 0.0262. The first kappa shape index (κ1) is 59.8. The van der Waals surface area contributed by atoms with Gasteiger partial charge in [0.05, 0.1) is 0 Å². The number of carbonyl (C=O) groups is 3. The highest BCUT2D eigenvalue weighted by atomic mass is 16.6. The number of carbonyl (C=O) groups excluding carboxylic acids is 3. The molecule has 0 aliphatic carbocycles. The monoisotopic (exact) mass is 885 g/mol. The van der Waals surface area contributed by atoms with E-state index in [9.17, 15) is 14.4 Å². The summed E-state index contributed by atoms with van der Waals surface area (Å²) < 4.78 is 16.7. The molecule has 0 spiro atoms. The Hall–Kier alpha value is -4.19.